The predicted molar refractivity (Wildman–Crippen MR) is 65.5 cm³/mol. The normalized spacial score (nSPS) is 17.3. The van der Waals surface area contributed by atoms with E-state index in [9.17, 15) is 0 Å². The Morgan fingerprint density at radius 2 is 2.35 bits per heavy atom. The molecule has 6 heteroatoms. The number of aryl methyl sites for hydroxylation is 1. The van der Waals surface area contributed by atoms with E-state index in [0.717, 1.165) is 35.7 Å². The molecule has 1 saturated heterocycles. The smallest absolute Gasteiger partial charge is 0.191 e. The van der Waals surface area contributed by atoms with E-state index in [-0.39, 0.29) is 0 Å². The zero-order valence-electron chi connectivity index (χ0n) is 9.51. The predicted octanol–water partition coefficient (Wildman–Crippen LogP) is 2.00. The van der Waals surface area contributed by atoms with Crippen LogP contribution >= 0.6 is 15.9 Å². The summed E-state index contributed by atoms with van der Waals surface area (Å²) in [7, 11) is 0. The molecule has 0 unspecified atom stereocenters. The first kappa shape index (κ1) is 11.0. The van der Waals surface area contributed by atoms with E-state index in [1.165, 1.54) is 0 Å². The van der Waals surface area contributed by atoms with E-state index in [4.69, 9.17) is 4.42 Å². The number of nitrogens with zero attached hydrogens (tertiary/aromatic N) is 4. The Labute approximate surface area is 108 Å². The second kappa shape index (κ2) is 4.27. The fraction of sp³-hybridized carbons (Fsp3) is 0.455. The van der Waals surface area contributed by atoms with Crippen molar-refractivity contribution in [3.63, 3.8) is 0 Å². The van der Waals surface area contributed by atoms with Crippen molar-refractivity contribution >= 4 is 15.9 Å². The number of halogens is 1. The van der Waals surface area contributed by atoms with Crippen molar-refractivity contribution in [3.05, 3.63) is 34.7 Å². The Bertz CT molecular complexity index is 515. The summed E-state index contributed by atoms with van der Waals surface area (Å²) in [5, 5.41) is 4.29. The third-order valence-corrected chi connectivity index (χ3v) is 3.34. The van der Waals surface area contributed by atoms with Gasteiger partial charge in [0.25, 0.3) is 0 Å². The van der Waals surface area contributed by atoms with E-state index in [0.29, 0.717) is 6.04 Å². The maximum absolute atomic E-state index is 5.19. The highest BCUT2D eigenvalue weighted by atomic mass is 79.9. The Morgan fingerprint density at radius 1 is 1.53 bits per heavy atom. The summed E-state index contributed by atoms with van der Waals surface area (Å²) >= 11 is 3.41. The highest BCUT2D eigenvalue weighted by Crippen LogP contribution is 2.23. The molecule has 0 atom stereocenters. The number of likely N-dealkylation sites (tertiary alicyclic amines) is 1. The largest absolute Gasteiger partial charge is 0.449 e. The first-order chi connectivity index (χ1) is 8.20. The zero-order valence-corrected chi connectivity index (χ0v) is 11.1. The molecule has 0 saturated carbocycles. The molecule has 0 spiro atoms. The molecule has 2 aromatic rings. The van der Waals surface area contributed by atoms with Crippen molar-refractivity contribution in [2.75, 3.05) is 13.1 Å². The first-order valence-electron chi connectivity index (χ1n) is 5.54. The van der Waals surface area contributed by atoms with Crippen LogP contribution in [0.3, 0.4) is 0 Å². The lowest BCUT2D eigenvalue weighted by molar-refractivity contribution is 0.0895. The second-order valence-corrected chi connectivity index (χ2v) is 5.26. The van der Waals surface area contributed by atoms with Gasteiger partial charge in [-0.25, -0.2) is 4.98 Å². The van der Waals surface area contributed by atoms with E-state index in [1.54, 1.807) is 6.26 Å². The quantitative estimate of drug-likeness (QED) is 0.869. The highest BCUT2D eigenvalue weighted by Gasteiger charge is 2.29. The lowest BCUT2D eigenvalue weighted by atomic mass is 10.1. The van der Waals surface area contributed by atoms with Gasteiger partial charge >= 0.3 is 0 Å². The van der Waals surface area contributed by atoms with Gasteiger partial charge in [-0.15, -0.1) is 0 Å². The van der Waals surface area contributed by atoms with Crippen LogP contribution in [-0.2, 0) is 6.54 Å². The number of hydrogen-bond donors (Lipinski definition) is 0. The molecular weight excluding hydrogens is 284 g/mol. The van der Waals surface area contributed by atoms with Gasteiger partial charge in [0.15, 0.2) is 5.89 Å². The Kier molecular flexibility index (Phi) is 2.76. The van der Waals surface area contributed by atoms with Crippen LogP contribution in [-0.4, -0.2) is 32.8 Å². The van der Waals surface area contributed by atoms with Gasteiger partial charge in [0, 0.05) is 32.8 Å². The van der Waals surface area contributed by atoms with Gasteiger partial charge in [0.05, 0.1) is 22.4 Å². The van der Waals surface area contributed by atoms with Gasteiger partial charge in [-0.05, 0) is 15.9 Å². The van der Waals surface area contributed by atoms with E-state index in [2.05, 4.69) is 30.9 Å². The number of oxazole rings is 1. The van der Waals surface area contributed by atoms with E-state index in [1.807, 2.05) is 24.0 Å². The molecule has 3 heterocycles. The second-order valence-electron chi connectivity index (χ2n) is 4.34. The van der Waals surface area contributed by atoms with Gasteiger partial charge in [-0.3, -0.25) is 9.58 Å². The Balaban J connectivity index is 1.55. The lowest BCUT2D eigenvalue weighted by Gasteiger charge is -2.38. The molecule has 2 aromatic heterocycles. The minimum Gasteiger partial charge on any atom is -0.449 e. The molecule has 3 rings (SSSR count). The first-order valence-corrected chi connectivity index (χ1v) is 6.33. The number of hydrogen-bond acceptors (Lipinski definition) is 4. The van der Waals surface area contributed by atoms with E-state index < -0.39 is 0 Å². The van der Waals surface area contributed by atoms with Crippen molar-refractivity contribution in [2.24, 2.45) is 0 Å². The molecule has 5 nitrogen and oxygen atoms in total. The number of aromatic nitrogens is 3. The molecule has 1 aliphatic heterocycles. The van der Waals surface area contributed by atoms with Crippen LogP contribution in [0.15, 0.2) is 27.5 Å². The van der Waals surface area contributed by atoms with Crippen LogP contribution < -0.4 is 0 Å². The van der Waals surface area contributed by atoms with Gasteiger partial charge in [0.2, 0.25) is 0 Å². The molecule has 0 bridgehead atoms. The fourth-order valence-electron chi connectivity index (χ4n) is 2.06. The molecule has 90 valence electrons. The van der Waals surface area contributed by atoms with Gasteiger partial charge in [0.1, 0.15) is 6.26 Å². The van der Waals surface area contributed by atoms with Gasteiger partial charge in [-0.2, -0.15) is 5.10 Å². The van der Waals surface area contributed by atoms with Crippen LogP contribution in [0, 0.1) is 6.92 Å². The molecule has 0 radical (unpaired) electrons. The molecule has 0 aromatic carbocycles. The minimum absolute atomic E-state index is 0.481. The fourth-order valence-corrected chi connectivity index (χ4v) is 2.36. The van der Waals surface area contributed by atoms with Crippen molar-refractivity contribution in [1.82, 2.24) is 19.7 Å². The lowest BCUT2D eigenvalue weighted by Crippen LogP contribution is -2.47. The van der Waals surface area contributed by atoms with Gasteiger partial charge in [-0.1, -0.05) is 0 Å². The van der Waals surface area contributed by atoms with Crippen LogP contribution in [0.25, 0.3) is 0 Å². The molecule has 1 fully saturated rings. The molecule has 0 amide bonds. The molecular formula is C11H13BrN4O. The summed E-state index contributed by atoms with van der Waals surface area (Å²) in [6.07, 6.45) is 5.57. The molecule has 1 aliphatic rings. The van der Waals surface area contributed by atoms with Crippen LogP contribution in [0.2, 0.25) is 0 Å². The van der Waals surface area contributed by atoms with Crippen molar-refractivity contribution in [1.29, 1.82) is 0 Å². The molecule has 0 aliphatic carbocycles. The third-order valence-electron chi connectivity index (χ3n) is 2.93. The van der Waals surface area contributed by atoms with Crippen LogP contribution in [0.4, 0.5) is 0 Å². The summed E-state index contributed by atoms with van der Waals surface area (Å²) in [5.74, 6) is 0.730. The summed E-state index contributed by atoms with van der Waals surface area (Å²) in [6, 6.07) is 0.481. The SMILES string of the molecule is Cc1nc(CN2CC(n3cc(Br)cn3)C2)co1. The van der Waals surface area contributed by atoms with Crippen molar-refractivity contribution in [2.45, 2.75) is 19.5 Å². The highest BCUT2D eigenvalue weighted by molar-refractivity contribution is 9.10. The van der Waals surface area contributed by atoms with Crippen LogP contribution in [0.1, 0.15) is 17.6 Å². The third kappa shape index (κ3) is 2.28. The minimum atomic E-state index is 0.481. The monoisotopic (exact) mass is 296 g/mol. The standard InChI is InChI=1S/C11H13BrN4O/c1-8-14-10(7-17-8)4-15-5-11(6-15)16-3-9(12)2-13-16/h2-3,7,11H,4-6H2,1H3. The van der Waals surface area contributed by atoms with Gasteiger partial charge < -0.3 is 4.42 Å². The zero-order chi connectivity index (χ0) is 11.8. The number of rotatable bonds is 3. The Hall–Kier alpha value is -1.14. The Morgan fingerprint density at radius 3 is 2.94 bits per heavy atom. The maximum Gasteiger partial charge on any atom is 0.191 e. The topological polar surface area (TPSA) is 47.1 Å². The summed E-state index contributed by atoms with van der Waals surface area (Å²) in [4.78, 5) is 6.63. The summed E-state index contributed by atoms with van der Waals surface area (Å²) < 4.78 is 8.23. The molecule has 0 N–H and O–H groups in total. The summed E-state index contributed by atoms with van der Waals surface area (Å²) in [5.41, 5.74) is 1.00. The molecule has 17 heavy (non-hydrogen) atoms. The van der Waals surface area contributed by atoms with Crippen molar-refractivity contribution < 1.29 is 4.42 Å². The average Bonchev–Trinajstić information content (AvgIpc) is 2.81. The maximum atomic E-state index is 5.19. The summed E-state index contributed by atoms with van der Waals surface area (Å²) in [6.45, 7) is 4.75. The van der Waals surface area contributed by atoms with Crippen molar-refractivity contribution in [3.8, 4) is 0 Å². The average molecular weight is 297 g/mol. The van der Waals surface area contributed by atoms with E-state index >= 15 is 0 Å². The van der Waals surface area contributed by atoms with Crippen LogP contribution in [0.5, 0.6) is 0 Å².